The maximum atomic E-state index is 12.3. The lowest BCUT2D eigenvalue weighted by Crippen LogP contribution is -2.52. The molecule has 0 unspecified atom stereocenters. The molecule has 1 heterocycles. The molecule has 1 N–H and O–H groups in total. The monoisotopic (exact) mass is 332 g/mol. The van der Waals surface area contributed by atoms with Crippen LogP contribution in [0, 0.1) is 5.41 Å². The van der Waals surface area contributed by atoms with Gasteiger partial charge in [0.25, 0.3) is 0 Å². The number of aliphatic hydroxyl groups excluding tert-OH is 1. The Morgan fingerprint density at radius 2 is 1.91 bits per heavy atom. The first kappa shape index (κ1) is 19.6. The molecular formula is C16H32O5Si. The third-order valence-corrected chi connectivity index (χ3v) is 9.55. The number of ether oxygens (including phenoxy) is 2. The largest absolute Gasteiger partial charge is 0.456 e. The van der Waals surface area contributed by atoms with Crippen molar-refractivity contribution in [2.75, 3.05) is 13.7 Å². The predicted molar refractivity (Wildman–Crippen MR) is 88.2 cm³/mol. The van der Waals surface area contributed by atoms with Crippen molar-refractivity contribution in [2.24, 2.45) is 5.41 Å². The molecule has 0 saturated carbocycles. The van der Waals surface area contributed by atoms with Crippen LogP contribution in [0.5, 0.6) is 0 Å². The molecule has 0 bridgehead atoms. The van der Waals surface area contributed by atoms with E-state index in [1.807, 2.05) is 13.8 Å². The van der Waals surface area contributed by atoms with Crippen molar-refractivity contribution < 1.29 is 23.8 Å². The molecule has 22 heavy (non-hydrogen) atoms. The molecule has 0 amide bonds. The third-order valence-electron chi connectivity index (χ3n) is 5.09. The molecule has 0 aromatic heterocycles. The van der Waals surface area contributed by atoms with Crippen LogP contribution in [0.4, 0.5) is 0 Å². The SMILES string of the molecule is CO[C@@H](CCO)[C@H]1OC(=O)C(C)(C)[C@H]1O[Si](C)(C)C(C)(C)C. The van der Waals surface area contributed by atoms with Crippen LogP contribution in [0.25, 0.3) is 0 Å². The number of hydrogen-bond donors (Lipinski definition) is 1. The lowest BCUT2D eigenvalue weighted by Gasteiger charge is -2.42. The van der Waals surface area contributed by atoms with E-state index in [1.165, 1.54) is 0 Å². The molecule has 1 saturated heterocycles. The Balaban J connectivity index is 3.10. The molecule has 0 aromatic carbocycles. The molecule has 6 heteroatoms. The number of methoxy groups -OCH3 is 1. The van der Waals surface area contributed by atoms with E-state index in [2.05, 4.69) is 33.9 Å². The standard InChI is InChI=1S/C16H32O5Si/c1-15(2,3)22(7,8)21-13-12(11(19-6)9-10-17)20-14(18)16(13,4)5/h11-13,17H,9-10H2,1-8H3/t11-,12+,13-/m0/s1. The summed E-state index contributed by atoms with van der Waals surface area (Å²) in [6.45, 7) is 14.5. The molecule has 5 nitrogen and oxygen atoms in total. The summed E-state index contributed by atoms with van der Waals surface area (Å²) in [6, 6.07) is 0. The first-order valence-electron chi connectivity index (χ1n) is 7.91. The van der Waals surface area contributed by atoms with Gasteiger partial charge in [-0.1, -0.05) is 20.8 Å². The van der Waals surface area contributed by atoms with Crippen LogP contribution in [0.1, 0.15) is 41.0 Å². The van der Waals surface area contributed by atoms with E-state index in [0.717, 1.165) is 0 Å². The zero-order valence-electron chi connectivity index (χ0n) is 15.2. The Morgan fingerprint density at radius 3 is 2.32 bits per heavy atom. The van der Waals surface area contributed by atoms with Crippen LogP contribution in [0.2, 0.25) is 18.1 Å². The maximum Gasteiger partial charge on any atom is 0.314 e. The first-order valence-corrected chi connectivity index (χ1v) is 10.8. The number of aliphatic hydroxyl groups is 1. The van der Waals surface area contributed by atoms with Gasteiger partial charge in [0.05, 0.1) is 11.5 Å². The van der Waals surface area contributed by atoms with Gasteiger partial charge in [0.15, 0.2) is 14.4 Å². The summed E-state index contributed by atoms with van der Waals surface area (Å²) in [5.41, 5.74) is -0.716. The van der Waals surface area contributed by atoms with E-state index in [1.54, 1.807) is 7.11 Å². The maximum absolute atomic E-state index is 12.3. The topological polar surface area (TPSA) is 65.0 Å². The number of esters is 1. The molecule has 1 aliphatic heterocycles. The predicted octanol–water partition coefficient (Wildman–Crippen LogP) is 2.73. The highest BCUT2D eigenvalue weighted by Gasteiger charge is 2.57. The lowest BCUT2D eigenvalue weighted by atomic mass is 9.85. The van der Waals surface area contributed by atoms with Crippen LogP contribution < -0.4 is 0 Å². The Labute approximate surface area is 135 Å². The Kier molecular flexibility index (Phi) is 5.88. The number of rotatable bonds is 6. The molecule has 0 aliphatic carbocycles. The van der Waals surface area contributed by atoms with Crippen molar-refractivity contribution in [3.63, 3.8) is 0 Å². The molecule has 3 atom stereocenters. The first-order chi connectivity index (χ1) is 9.88. The van der Waals surface area contributed by atoms with Gasteiger partial charge in [0, 0.05) is 20.1 Å². The number of cyclic esters (lactones) is 1. The zero-order chi connectivity index (χ0) is 17.3. The molecule has 0 radical (unpaired) electrons. The van der Waals surface area contributed by atoms with Crippen molar-refractivity contribution in [1.29, 1.82) is 0 Å². The zero-order valence-corrected chi connectivity index (χ0v) is 16.2. The van der Waals surface area contributed by atoms with Crippen LogP contribution in [0.3, 0.4) is 0 Å². The molecule has 0 spiro atoms. The van der Waals surface area contributed by atoms with Gasteiger partial charge in [-0.15, -0.1) is 0 Å². The van der Waals surface area contributed by atoms with Gasteiger partial charge in [-0.05, 0) is 32.0 Å². The van der Waals surface area contributed by atoms with E-state index in [9.17, 15) is 9.90 Å². The summed E-state index contributed by atoms with van der Waals surface area (Å²) in [4.78, 5) is 12.3. The second-order valence-corrected chi connectivity index (χ2v) is 12.9. The second-order valence-electron chi connectivity index (χ2n) is 8.18. The van der Waals surface area contributed by atoms with Crippen LogP contribution >= 0.6 is 0 Å². The van der Waals surface area contributed by atoms with Crippen LogP contribution in [0.15, 0.2) is 0 Å². The Bertz CT molecular complexity index is 400. The smallest absolute Gasteiger partial charge is 0.314 e. The van der Waals surface area contributed by atoms with Crippen molar-refractivity contribution in [2.45, 2.75) is 77.5 Å². The average Bonchev–Trinajstić information content (AvgIpc) is 2.58. The summed E-state index contributed by atoms with van der Waals surface area (Å²) in [6.07, 6.45) is -0.779. The van der Waals surface area contributed by atoms with Gasteiger partial charge >= 0.3 is 5.97 Å². The van der Waals surface area contributed by atoms with Gasteiger partial charge in [0.1, 0.15) is 6.10 Å². The van der Waals surface area contributed by atoms with Gasteiger partial charge < -0.3 is 19.0 Å². The highest BCUT2D eigenvalue weighted by atomic mass is 28.4. The van der Waals surface area contributed by atoms with Crippen molar-refractivity contribution in [1.82, 2.24) is 0 Å². The summed E-state index contributed by atoms with van der Waals surface area (Å²) < 4.78 is 17.5. The minimum atomic E-state index is -2.06. The second kappa shape index (κ2) is 6.59. The van der Waals surface area contributed by atoms with Gasteiger partial charge in [-0.25, -0.2) is 0 Å². The molecule has 1 rings (SSSR count). The summed E-state index contributed by atoms with van der Waals surface area (Å²) in [5.74, 6) is -0.263. The number of hydrogen-bond acceptors (Lipinski definition) is 5. The third kappa shape index (κ3) is 3.72. The molecular weight excluding hydrogens is 300 g/mol. The van der Waals surface area contributed by atoms with Gasteiger partial charge in [0.2, 0.25) is 0 Å². The normalized spacial score (nSPS) is 26.9. The van der Waals surface area contributed by atoms with Crippen molar-refractivity contribution >= 4 is 14.3 Å². The molecule has 0 aromatic rings. The minimum absolute atomic E-state index is 0.0141. The fourth-order valence-electron chi connectivity index (χ4n) is 2.39. The van der Waals surface area contributed by atoms with Crippen molar-refractivity contribution in [3.05, 3.63) is 0 Å². The summed E-state index contributed by atoms with van der Waals surface area (Å²) >= 11 is 0. The summed E-state index contributed by atoms with van der Waals surface area (Å²) in [5, 5.41) is 9.26. The molecule has 1 aliphatic rings. The highest BCUT2D eigenvalue weighted by Crippen LogP contribution is 2.44. The Hall–Kier alpha value is -0.433. The van der Waals surface area contributed by atoms with E-state index >= 15 is 0 Å². The fraction of sp³-hybridized carbons (Fsp3) is 0.938. The van der Waals surface area contributed by atoms with E-state index < -0.39 is 19.8 Å². The average molecular weight is 333 g/mol. The number of carbonyl (C=O) groups is 1. The minimum Gasteiger partial charge on any atom is -0.456 e. The van der Waals surface area contributed by atoms with Crippen LogP contribution in [-0.4, -0.2) is 51.4 Å². The Morgan fingerprint density at radius 1 is 1.36 bits per heavy atom. The van der Waals surface area contributed by atoms with E-state index in [4.69, 9.17) is 13.9 Å². The lowest BCUT2D eigenvalue weighted by molar-refractivity contribution is -0.152. The molecule has 1 fully saturated rings. The van der Waals surface area contributed by atoms with E-state index in [-0.39, 0.29) is 29.8 Å². The quantitative estimate of drug-likeness (QED) is 0.598. The van der Waals surface area contributed by atoms with Gasteiger partial charge in [-0.3, -0.25) is 4.79 Å². The molecule has 130 valence electrons. The summed E-state index contributed by atoms with van der Waals surface area (Å²) in [7, 11) is -0.490. The fourth-order valence-corrected chi connectivity index (χ4v) is 3.80. The number of carbonyl (C=O) groups excluding carboxylic acids is 1. The van der Waals surface area contributed by atoms with Gasteiger partial charge in [-0.2, -0.15) is 0 Å². The van der Waals surface area contributed by atoms with Crippen molar-refractivity contribution in [3.8, 4) is 0 Å². The van der Waals surface area contributed by atoms with E-state index in [0.29, 0.717) is 6.42 Å². The van der Waals surface area contributed by atoms with Crippen LogP contribution in [-0.2, 0) is 18.7 Å². The highest BCUT2D eigenvalue weighted by molar-refractivity contribution is 6.74.